The van der Waals surface area contributed by atoms with Gasteiger partial charge < -0.3 is 19.5 Å². The van der Waals surface area contributed by atoms with Gasteiger partial charge in [-0.3, -0.25) is 4.79 Å². The Morgan fingerprint density at radius 1 is 1.33 bits per heavy atom. The molecular weight excluding hydrogens is 364 g/mol. The minimum Gasteiger partial charge on any atom is -0.484 e. The molecular formula is C20H27ClN4O2. The molecule has 2 fully saturated rings. The zero-order chi connectivity index (χ0) is 18.0. The number of hydrogen-bond acceptors (Lipinski definition) is 4. The van der Waals surface area contributed by atoms with E-state index in [-0.39, 0.29) is 24.9 Å². The second-order valence-electron chi connectivity index (χ2n) is 7.41. The first-order chi connectivity index (χ1) is 12.7. The predicted molar refractivity (Wildman–Crippen MR) is 106 cm³/mol. The van der Waals surface area contributed by atoms with Gasteiger partial charge >= 0.3 is 0 Å². The van der Waals surface area contributed by atoms with Gasteiger partial charge in [0, 0.05) is 25.5 Å². The number of nitrogens with zero attached hydrogens (tertiary/aromatic N) is 3. The Morgan fingerprint density at radius 3 is 2.74 bits per heavy atom. The summed E-state index contributed by atoms with van der Waals surface area (Å²) in [4.78, 5) is 19.4. The molecule has 6 nitrogen and oxygen atoms in total. The smallest absolute Gasteiger partial charge is 0.261 e. The van der Waals surface area contributed by atoms with Crippen LogP contribution in [0, 0.1) is 5.41 Å². The average molecular weight is 391 g/mol. The summed E-state index contributed by atoms with van der Waals surface area (Å²) in [5.74, 6) is 1.68. The molecule has 2 aromatic rings. The van der Waals surface area contributed by atoms with E-state index in [1.807, 2.05) is 53.0 Å². The molecule has 27 heavy (non-hydrogen) atoms. The Balaban J connectivity index is 0.00000210. The topological polar surface area (TPSA) is 59.4 Å². The van der Waals surface area contributed by atoms with Crippen molar-refractivity contribution in [3.05, 3.63) is 48.5 Å². The van der Waals surface area contributed by atoms with Crippen molar-refractivity contribution >= 4 is 18.3 Å². The van der Waals surface area contributed by atoms with Crippen LogP contribution in [-0.4, -0.2) is 46.1 Å². The average Bonchev–Trinajstić information content (AvgIpc) is 3.18. The first-order valence-electron chi connectivity index (χ1n) is 9.32. The Labute approximate surface area is 166 Å². The van der Waals surface area contributed by atoms with E-state index in [1.54, 1.807) is 6.20 Å². The first-order valence-corrected chi connectivity index (χ1v) is 9.32. The summed E-state index contributed by atoms with van der Waals surface area (Å²) in [6.45, 7) is 2.70. The standard InChI is InChI=1S/C20H26N4O2.ClH/c1-23-12-11-22-18(23)14-24(17-13-20(17)7-9-21-10-8-20)19(25)15-26-16-5-3-2-4-6-16;/h2-6,11-12,17,21H,7-10,13-15H2,1H3;1H. The molecule has 1 aliphatic heterocycles. The number of nitrogens with one attached hydrogen (secondary N) is 1. The Bertz CT molecular complexity index is 758. The minimum absolute atomic E-state index is 0. The summed E-state index contributed by atoms with van der Waals surface area (Å²) < 4.78 is 7.70. The maximum absolute atomic E-state index is 13.0. The van der Waals surface area contributed by atoms with E-state index in [9.17, 15) is 4.79 Å². The van der Waals surface area contributed by atoms with E-state index in [0.717, 1.165) is 43.9 Å². The molecule has 1 aromatic heterocycles. The van der Waals surface area contributed by atoms with Crippen LogP contribution < -0.4 is 10.1 Å². The number of piperidine rings is 1. The maximum Gasteiger partial charge on any atom is 0.261 e. The molecule has 1 unspecified atom stereocenters. The third-order valence-corrected chi connectivity index (χ3v) is 5.78. The van der Waals surface area contributed by atoms with Gasteiger partial charge in [0.2, 0.25) is 0 Å². The first kappa shape index (κ1) is 19.7. The number of halogens is 1. The van der Waals surface area contributed by atoms with E-state index in [0.29, 0.717) is 18.0 Å². The van der Waals surface area contributed by atoms with Gasteiger partial charge in [0.05, 0.1) is 6.54 Å². The number of carbonyl (C=O) groups is 1. The molecule has 4 rings (SSSR count). The second kappa shape index (κ2) is 8.31. The lowest BCUT2D eigenvalue weighted by Gasteiger charge is -2.29. The number of hydrogen-bond donors (Lipinski definition) is 1. The van der Waals surface area contributed by atoms with E-state index >= 15 is 0 Å². The van der Waals surface area contributed by atoms with E-state index in [1.165, 1.54) is 0 Å². The van der Waals surface area contributed by atoms with Crippen molar-refractivity contribution in [1.82, 2.24) is 19.8 Å². The van der Waals surface area contributed by atoms with Crippen molar-refractivity contribution in [3.63, 3.8) is 0 Å². The summed E-state index contributed by atoms with van der Waals surface area (Å²) in [6, 6.07) is 9.82. The molecule has 1 atom stereocenters. The summed E-state index contributed by atoms with van der Waals surface area (Å²) in [6.07, 6.45) is 7.08. The van der Waals surface area contributed by atoms with Crippen molar-refractivity contribution in [2.45, 2.75) is 31.8 Å². The number of aromatic nitrogens is 2. The SMILES string of the molecule is Cl.Cn1ccnc1CN(C(=O)COc1ccccc1)C1CC12CCNCC2. The van der Waals surface area contributed by atoms with Crippen molar-refractivity contribution in [2.75, 3.05) is 19.7 Å². The van der Waals surface area contributed by atoms with Gasteiger partial charge in [-0.1, -0.05) is 18.2 Å². The van der Waals surface area contributed by atoms with Gasteiger partial charge in [0.15, 0.2) is 6.61 Å². The van der Waals surface area contributed by atoms with Gasteiger partial charge in [-0.15, -0.1) is 12.4 Å². The summed E-state index contributed by atoms with van der Waals surface area (Å²) >= 11 is 0. The second-order valence-corrected chi connectivity index (χ2v) is 7.41. The summed E-state index contributed by atoms with van der Waals surface area (Å²) in [5, 5.41) is 3.43. The van der Waals surface area contributed by atoms with Crippen LogP contribution in [0.1, 0.15) is 25.1 Å². The van der Waals surface area contributed by atoms with Gasteiger partial charge in [0.1, 0.15) is 11.6 Å². The number of imidazole rings is 1. The van der Waals surface area contributed by atoms with Crippen molar-refractivity contribution in [1.29, 1.82) is 0 Å². The fraction of sp³-hybridized carbons (Fsp3) is 0.500. The molecule has 1 aromatic carbocycles. The molecule has 2 aliphatic rings. The molecule has 1 N–H and O–H groups in total. The number of rotatable bonds is 6. The van der Waals surface area contributed by atoms with Crippen molar-refractivity contribution in [3.8, 4) is 5.75 Å². The summed E-state index contributed by atoms with van der Waals surface area (Å²) in [7, 11) is 1.97. The molecule has 146 valence electrons. The number of aryl methyl sites for hydroxylation is 1. The lowest BCUT2D eigenvalue weighted by molar-refractivity contribution is -0.135. The van der Waals surface area contributed by atoms with Gasteiger partial charge in [0.25, 0.3) is 5.91 Å². The molecule has 2 heterocycles. The van der Waals surface area contributed by atoms with Crippen LogP contribution in [0.15, 0.2) is 42.7 Å². The maximum atomic E-state index is 13.0. The number of benzene rings is 1. The largest absolute Gasteiger partial charge is 0.484 e. The third kappa shape index (κ3) is 4.28. The molecule has 1 saturated heterocycles. The lowest BCUT2D eigenvalue weighted by atomic mass is 9.93. The molecule has 0 radical (unpaired) electrons. The number of amides is 1. The molecule has 1 spiro atoms. The van der Waals surface area contributed by atoms with Crippen LogP contribution in [0.2, 0.25) is 0 Å². The predicted octanol–water partition coefficient (Wildman–Crippen LogP) is 2.39. The van der Waals surface area contributed by atoms with E-state index < -0.39 is 0 Å². The van der Waals surface area contributed by atoms with E-state index in [2.05, 4.69) is 10.3 Å². The highest BCUT2D eigenvalue weighted by Crippen LogP contribution is 2.56. The Hall–Kier alpha value is -2.05. The highest BCUT2D eigenvalue weighted by molar-refractivity contribution is 5.85. The molecule has 0 bridgehead atoms. The fourth-order valence-electron chi connectivity index (χ4n) is 4.05. The summed E-state index contributed by atoms with van der Waals surface area (Å²) in [5.41, 5.74) is 0.290. The zero-order valence-electron chi connectivity index (χ0n) is 15.6. The third-order valence-electron chi connectivity index (χ3n) is 5.78. The highest BCUT2D eigenvalue weighted by atomic mass is 35.5. The van der Waals surface area contributed by atoms with Crippen LogP contribution in [0.25, 0.3) is 0 Å². The monoisotopic (exact) mass is 390 g/mol. The zero-order valence-corrected chi connectivity index (χ0v) is 16.5. The quantitative estimate of drug-likeness (QED) is 0.822. The van der Waals surface area contributed by atoms with Crippen LogP contribution >= 0.6 is 12.4 Å². The normalized spacial score (nSPS) is 20.0. The minimum atomic E-state index is 0. The highest BCUT2D eigenvalue weighted by Gasteiger charge is 2.57. The molecule has 1 amide bonds. The number of carbonyl (C=O) groups excluding carboxylic acids is 1. The molecule has 1 aliphatic carbocycles. The van der Waals surface area contributed by atoms with E-state index in [4.69, 9.17) is 4.74 Å². The van der Waals surface area contributed by atoms with Gasteiger partial charge in [-0.05, 0) is 49.9 Å². The van der Waals surface area contributed by atoms with Crippen LogP contribution in [0.5, 0.6) is 5.75 Å². The van der Waals surface area contributed by atoms with Crippen LogP contribution in [0.4, 0.5) is 0 Å². The Kier molecular flexibility index (Phi) is 6.07. The molecule has 7 heteroatoms. The molecule has 1 saturated carbocycles. The number of ether oxygens (including phenoxy) is 1. The van der Waals surface area contributed by atoms with Crippen LogP contribution in [0.3, 0.4) is 0 Å². The van der Waals surface area contributed by atoms with Crippen molar-refractivity contribution in [2.24, 2.45) is 12.5 Å². The van der Waals surface area contributed by atoms with Crippen molar-refractivity contribution < 1.29 is 9.53 Å². The number of para-hydroxylation sites is 1. The van der Waals surface area contributed by atoms with Gasteiger partial charge in [-0.25, -0.2) is 4.98 Å². The Morgan fingerprint density at radius 2 is 2.07 bits per heavy atom. The lowest BCUT2D eigenvalue weighted by Crippen LogP contribution is -2.41. The fourth-order valence-corrected chi connectivity index (χ4v) is 4.05. The van der Waals surface area contributed by atoms with Crippen LogP contribution in [-0.2, 0) is 18.4 Å². The van der Waals surface area contributed by atoms with Gasteiger partial charge in [-0.2, -0.15) is 0 Å².